The summed E-state index contributed by atoms with van der Waals surface area (Å²) in [6.07, 6.45) is -4.46. The van der Waals surface area contributed by atoms with Gasteiger partial charge in [0.25, 0.3) is 0 Å². The molecule has 0 spiro atoms. The lowest BCUT2D eigenvalue weighted by Crippen LogP contribution is -2.49. The molecule has 0 radical (unpaired) electrons. The van der Waals surface area contributed by atoms with Crippen LogP contribution in [0.25, 0.3) is 0 Å². The second-order valence-corrected chi connectivity index (χ2v) is 7.93. The molecule has 2 heterocycles. The van der Waals surface area contributed by atoms with E-state index in [-0.39, 0.29) is 18.3 Å². The van der Waals surface area contributed by atoms with E-state index in [2.05, 4.69) is 27.5 Å². The van der Waals surface area contributed by atoms with Crippen molar-refractivity contribution in [3.05, 3.63) is 52.2 Å². The number of rotatable bonds is 5. The van der Waals surface area contributed by atoms with Gasteiger partial charge in [0.2, 0.25) is 0 Å². The van der Waals surface area contributed by atoms with Crippen LogP contribution in [0.2, 0.25) is 0 Å². The fourth-order valence-electron chi connectivity index (χ4n) is 3.26. The normalized spacial score (nSPS) is 16.8. The number of thiophene rings is 1. The van der Waals surface area contributed by atoms with Crippen LogP contribution < -0.4 is 10.6 Å². The van der Waals surface area contributed by atoms with Gasteiger partial charge in [-0.3, -0.25) is 14.5 Å². The standard InChI is InChI=1S/C20H23F3N4O2S/c1-26-7-9-27(10-8-26)17(14-6-11-30-13-14)12-24-18(28)19(29)25-16-4-2-15(3-5-16)20(21,22)23/h2-6,11,13,17H,7-10,12H2,1H3,(H,24,28)(H,25,29)/t17-/m1/s1. The summed E-state index contributed by atoms with van der Waals surface area (Å²) in [5.41, 5.74) is 0.375. The number of halogens is 3. The highest BCUT2D eigenvalue weighted by molar-refractivity contribution is 7.08. The smallest absolute Gasteiger partial charge is 0.346 e. The maximum Gasteiger partial charge on any atom is 0.416 e. The lowest BCUT2D eigenvalue weighted by molar-refractivity contribution is -0.137. The van der Waals surface area contributed by atoms with Gasteiger partial charge in [0, 0.05) is 38.4 Å². The molecule has 0 aliphatic carbocycles. The van der Waals surface area contributed by atoms with Crippen LogP contribution in [0.15, 0.2) is 41.1 Å². The molecule has 2 aromatic rings. The van der Waals surface area contributed by atoms with Gasteiger partial charge in [0.15, 0.2) is 0 Å². The zero-order chi connectivity index (χ0) is 21.7. The van der Waals surface area contributed by atoms with Crippen molar-refractivity contribution in [2.75, 3.05) is 45.1 Å². The Bertz CT molecular complexity index is 848. The number of anilines is 1. The van der Waals surface area contributed by atoms with E-state index in [4.69, 9.17) is 0 Å². The van der Waals surface area contributed by atoms with E-state index < -0.39 is 23.6 Å². The van der Waals surface area contributed by atoms with Gasteiger partial charge >= 0.3 is 18.0 Å². The highest BCUT2D eigenvalue weighted by Crippen LogP contribution is 2.29. The minimum absolute atomic E-state index is 0.0484. The van der Waals surface area contributed by atoms with Crippen LogP contribution >= 0.6 is 11.3 Å². The van der Waals surface area contributed by atoms with Crippen molar-refractivity contribution in [1.82, 2.24) is 15.1 Å². The minimum atomic E-state index is -4.46. The van der Waals surface area contributed by atoms with Crippen LogP contribution in [0.4, 0.5) is 18.9 Å². The Morgan fingerprint density at radius 1 is 1.07 bits per heavy atom. The summed E-state index contributed by atoms with van der Waals surface area (Å²) in [5.74, 6) is -1.75. The molecule has 0 bridgehead atoms. The number of hydrogen-bond donors (Lipinski definition) is 2. The van der Waals surface area contributed by atoms with Crippen molar-refractivity contribution >= 4 is 28.8 Å². The van der Waals surface area contributed by atoms with Crippen LogP contribution in [0, 0.1) is 0 Å². The van der Waals surface area contributed by atoms with E-state index >= 15 is 0 Å². The molecule has 3 rings (SSSR count). The molecule has 162 valence electrons. The van der Waals surface area contributed by atoms with Crippen LogP contribution in [-0.2, 0) is 15.8 Å². The summed E-state index contributed by atoms with van der Waals surface area (Å²) >= 11 is 1.57. The average molecular weight is 440 g/mol. The van der Waals surface area contributed by atoms with Crippen LogP contribution in [-0.4, -0.2) is 61.4 Å². The van der Waals surface area contributed by atoms with Crippen LogP contribution in [0.3, 0.4) is 0 Å². The largest absolute Gasteiger partial charge is 0.416 e. The number of benzene rings is 1. The maximum absolute atomic E-state index is 12.6. The second kappa shape index (κ2) is 9.59. The van der Waals surface area contributed by atoms with Gasteiger partial charge in [-0.2, -0.15) is 24.5 Å². The third kappa shape index (κ3) is 5.80. The zero-order valence-corrected chi connectivity index (χ0v) is 17.2. The number of carbonyl (C=O) groups excluding carboxylic acids is 2. The molecule has 1 saturated heterocycles. The summed E-state index contributed by atoms with van der Waals surface area (Å²) in [6.45, 7) is 3.81. The topological polar surface area (TPSA) is 64.7 Å². The lowest BCUT2D eigenvalue weighted by Gasteiger charge is -2.37. The molecule has 0 unspecified atom stereocenters. The first kappa shape index (κ1) is 22.3. The van der Waals surface area contributed by atoms with Gasteiger partial charge in [-0.1, -0.05) is 0 Å². The van der Waals surface area contributed by atoms with E-state index in [0.29, 0.717) is 0 Å². The number of likely N-dealkylation sites (N-methyl/N-ethyl adjacent to an activating group) is 1. The SMILES string of the molecule is CN1CCN([C@H](CNC(=O)C(=O)Nc2ccc(C(F)(F)F)cc2)c2ccsc2)CC1. The van der Waals surface area contributed by atoms with Crippen LogP contribution in [0.1, 0.15) is 17.2 Å². The molecule has 6 nitrogen and oxygen atoms in total. The summed E-state index contributed by atoms with van der Waals surface area (Å²) in [5, 5.41) is 8.98. The van der Waals surface area contributed by atoms with E-state index in [1.165, 1.54) is 0 Å². The Morgan fingerprint density at radius 2 is 1.73 bits per heavy atom. The fraction of sp³-hybridized carbons (Fsp3) is 0.400. The molecular formula is C20H23F3N4O2S. The molecule has 30 heavy (non-hydrogen) atoms. The first-order chi connectivity index (χ1) is 14.2. The number of nitrogens with zero attached hydrogens (tertiary/aromatic N) is 2. The number of carbonyl (C=O) groups is 2. The van der Waals surface area contributed by atoms with E-state index in [0.717, 1.165) is 56.0 Å². The van der Waals surface area contributed by atoms with Gasteiger partial charge in [0.1, 0.15) is 0 Å². The molecule has 10 heteroatoms. The van der Waals surface area contributed by atoms with Gasteiger partial charge in [0.05, 0.1) is 11.6 Å². The predicted molar refractivity (Wildman–Crippen MR) is 109 cm³/mol. The Balaban J connectivity index is 1.57. The molecular weight excluding hydrogens is 417 g/mol. The summed E-state index contributed by atoms with van der Waals surface area (Å²) < 4.78 is 37.9. The van der Waals surface area contributed by atoms with Gasteiger partial charge in [-0.25, -0.2) is 0 Å². The Labute approximate surface area is 176 Å². The van der Waals surface area contributed by atoms with Crippen molar-refractivity contribution in [1.29, 1.82) is 0 Å². The molecule has 2 amide bonds. The Hall–Kier alpha value is -2.43. The zero-order valence-electron chi connectivity index (χ0n) is 16.4. The fourth-order valence-corrected chi connectivity index (χ4v) is 3.96. The predicted octanol–water partition coefficient (Wildman–Crippen LogP) is 2.81. The Kier molecular flexibility index (Phi) is 7.11. The molecule has 2 N–H and O–H groups in total. The van der Waals surface area contributed by atoms with Crippen molar-refractivity contribution in [3.63, 3.8) is 0 Å². The highest BCUT2D eigenvalue weighted by atomic mass is 32.1. The number of piperazine rings is 1. The third-order valence-corrected chi connectivity index (χ3v) is 5.74. The van der Waals surface area contributed by atoms with Gasteiger partial charge in [-0.15, -0.1) is 0 Å². The van der Waals surface area contributed by atoms with E-state index in [1.807, 2.05) is 16.8 Å². The number of nitrogens with one attached hydrogen (secondary N) is 2. The van der Waals surface area contributed by atoms with Crippen molar-refractivity contribution in [2.45, 2.75) is 12.2 Å². The average Bonchev–Trinajstić information content (AvgIpc) is 3.23. The second-order valence-electron chi connectivity index (χ2n) is 7.15. The van der Waals surface area contributed by atoms with E-state index in [1.54, 1.807) is 11.3 Å². The monoisotopic (exact) mass is 440 g/mol. The molecule has 1 atom stereocenters. The molecule has 0 saturated carbocycles. The summed E-state index contributed by atoms with van der Waals surface area (Å²) in [4.78, 5) is 28.9. The van der Waals surface area contributed by atoms with E-state index in [9.17, 15) is 22.8 Å². The molecule has 1 aromatic heterocycles. The molecule has 1 fully saturated rings. The summed E-state index contributed by atoms with van der Waals surface area (Å²) in [7, 11) is 2.06. The Morgan fingerprint density at radius 3 is 2.30 bits per heavy atom. The number of hydrogen-bond acceptors (Lipinski definition) is 5. The highest BCUT2D eigenvalue weighted by Gasteiger charge is 2.30. The maximum atomic E-state index is 12.6. The van der Waals surface area contributed by atoms with Crippen molar-refractivity contribution < 1.29 is 22.8 Å². The quantitative estimate of drug-likeness (QED) is 0.702. The van der Waals surface area contributed by atoms with Gasteiger partial charge in [-0.05, 0) is 53.7 Å². The number of amides is 2. The molecule has 1 aliphatic rings. The van der Waals surface area contributed by atoms with Crippen molar-refractivity contribution in [3.8, 4) is 0 Å². The first-order valence-corrected chi connectivity index (χ1v) is 10.4. The van der Waals surface area contributed by atoms with Crippen LogP contribution in [0.5, 0.6) is 0 Å². The molecule has 1 aliphatic heterocycles. The molecule has 1 aromatic carbocycles. The lowest BCUT2D eigenvalue weighted by atomic mass is 10.1. The van der Waals surface area contributed by atoms with Crippen molar-refractivity contribution in [2.24, 2.45) is 0 Å². The third-order valence-electron chi connectivity index (χ3n) is 5.04. The summed E-state index contributed by atoms with van der Waals surface area (Å²) in [6, 6.07) is 5.90. The minimum Gasteiger partial charge on any atom is -0.346 e. The number of alkyl halides is 3. The van der Waals surface area contributed by atoms with Gasteiger partial charge < -0.3 is 15.5 Å². The first-order valence-electron chi connectivity index (χ1n) is 9.45.